The van der Waals surface area contributed by atoms with Gasteiger partial charge in [-0.2, -0.15) is 11.3 Å². The molecule has 0 aliphatic carbocycles. The van der Waals surface area contributed by atoms with Gasteiger partial charge in [-0.05, 0) is 46.7 Å². The number of nitrogens with two attached hydrogens (primary N) is 1. The number of hydrogen-bond donors (Lipinski definition) is 3. The first-order valence-electron chi connectivity index (χ1n) is 7.36. The molecule has 6 nitrogen and oxygen atoms in total. The quantitative estimate of drug-likeness (QED) is 0.630. The summed E-state index contributed by atoms with van der Waals surface area (Å²) in [5, 5.41) is 13.8. The van der Waals surface area contributed by atoms with E-state index in [1.807, 2.05) is 16.8 Å². The van der Waals surface area contributed by atoms with Gasteiger partial charge in [0, 0.05) is 5.56 Å². The van der Waals surface area contributed by atoms with E-state index in [-0.39, 0.29) is 16.3 Å². The monoisotopic (exact) mass is 391 g/mol. The van der Waals surface area contributed by atoms with Crippen molar-refractivity contribution in [2.75, 3.05) is 10.6 Å². The van der Waals surface area contributed by atoms with E-state index in [1.165, 1.54) is 41.7 Å². The summed E-state index contributed by atoms with van der Waals surface area (Å²) >= 11 is 1.46. The summed E-state index contributed by atoms with van der Waals surface area (Å²) in [5.41, 5.74) is 1.66. The number of carbonyl (C=O) groups excluding carboxylic acids is 1. The maximum absolute atomic E-state index is 13.7. The Morgan fingerprint density at radius 3 is 2.42 bits per heavy atom. The fraction of sp³-hybridized carbons (Fsp3) is 0. The van der Waals surface area contributed by atoms with Gasteiger partial charge in [0.05, 0.1) is 16.3 Å². The lowest BCUT2D eigenvalue weighted by molar-refractivity contribution is 0.262. The third-order valence-electron chi connectivity index (χ3n) is 3.52. The van der Waals surface area contributed by atoms with E-state index in [2.05, 4.69) is 10.6 Å². The van der Waals surface area contributed by atoms with Gasteiger partial charge in [-0.1, -0.05) is 18.2 Å². The van der Waals surface area contributed by atoms with Gasteiger partial charge in [0.15, 0.2) is 0 Å². The van der Waals surface area contributed by atoms with Gasteiger partial charge in [0.2, 0.25) is 10.0 Å². The average molecular weight is 391 g/mol. The summed E-state index contributed by atoms with van der Waals surface area (Å²) in [6.45, 7) is 0. The van der Waals surface area contributed by atoms with Crippen LogP contribution in [0.4, 0.5) is 20.6 Å². The van der Waals surface area contributed by atoms with Crippen LogP contribution in [-0.4, -0.2) is 14.4 Å². The molecule has 3 aromatic rings. The molecule has 0 saturated carbocycles. The fourth-order valence-corrected chi connectivity index (χ4v) is 3.51. The summed E-state index contributed by atoms with van der Waals surface area (Å²) in [7, 11) is -3.94. The van der Waals surface area contributed by atoms with Gasteiger partial charge in [0.1, 0.15) is 5.82 Å². The minimum absolute atomic E-state index is 0.00434. The lowest BCUT2D eigenvalue weighted by atomic mass is 10.1. The minimum atomic E-state index is -3.94. The highest BCUT2D eigenvalue weighted by molar-refractivity contribution is 7.89. The van der Waals surface area contributed by atoms with Crippen LogP contribution in [0.3, 0.4) is 0 Å². The number of anilines is 2. The third kappa shape index (κ3) is 4.07. The topological polar surface area (TPSA) is 101 Å². The first-order valence-corrected chi connectivity index (χ1v) is 9.85. The lowest BCUT2D eigenvalue weighted by Crippen LogP contribution is -2.21. The molecule has 0 aliphatic rings. The number of amides is 2. The van der Waals surface area contributed by atoms with Crippen molar-refractivity contribution in [1.82, 2.24) is 0 Å². The average Bonchev–Trinajstić information content (AvgIpc) is 3.10. The summed E-state index contributed by atoms with van der Waals surface area (Å²) in [6.07, 6.45) is 0. The Labute approximate surface area is 153 Å². The van der Waals surface area contributed by atoms with Crippen LogP contribution in [-0.2, 0) is 10.0 Å². The Hall–Kier alpha value is -2.75. The number of carbonyl (C=O) groups is 1. The van der Waals surface area contributed by atoms with Crippen molar-refractivity contribution in [3.8, 4) is 11.1 Å². The maximum atomic E-state index is 13.7. The second-order valence-electron chi connectivity index (χ2n) is 5.32. The molecule has 3 rings (SSSR count). The third-order valence-corrected chi connectivity index (χ3v) is 5.12. The predicted molar refractivity (Wildman–Crippen MR) is 100 cm³/mol. The van der Waals surface area contributed by atoms with Crippen molar-refractivity contribution in [3.63, 3.8) is 0 Å². The Kier molecular flexibility index (Phi) is 5.03. The van der Waals surface area contributed by atoms with Gasteiger partial charge in [-0.3, -0.25) is 0 Å². The molecular weight excluding hydrogens is 377 g/mol. The standard InChI is InChI=1S/C17H14FN3O3S2/c18-14-3-1-2-4-15(14)20-17(22)21-16-9-12(26(19,23)24)5-6-13(16)11-7-8-25-10-11/h1-10H,(H2,19,23,24)(H2,20,21,22). The molecule has 0 fully saturated rings. The van der Waals surface area contributed by atoms with Crippen molar-refractivity contribution in [3.05, 3.63) is 65.1 Å². The smallest absolute Gasteiger partial charge is 0.307 e. The Bertz CT molecular complexity index is 1050. The van der Waals surface area contributed by atoms with E-state index in [9.17, 15) is 17.6 Å². The molecule has 0 atom stereocenters. The Morgan fingerprint density at radius 1 is 1.04 bits per heavy atom. The van der Waals surface area contributed by atoms with Crippen LogP contribution in [0.2, 0.25) is 0 Å². The number of rotatable bonds is 4. The zero-order chi connectivity index (χ0) is 18.7. The van der Waals surface area contributed by atoms with E-state index in [0.717, 1.165) is 5.56 Å². The van der Waals surface area contributed by atoms with Crippen LogP contribution in [0.15, 0.2) is 64.2 Å². The van der Waals surface area contributed by atoms with Crippen molar-refractivity contribution in [2.45, 2.75) is 4.90 Å². The number of thiophene rings is 1. The molecule has 1 heterocycles. The van der Waals surface area contributed by atoms with Gasteiger partial charge in [-0.15, -0.1) is 0 Å². The molecule has 2 aromatic carbocycles. The number of hydrogen-bond acceptors (Lipinski definition) is 4. The zero-order valence-electron chi connectivity index (χ0n) is 13.3. The molecule has 0 radical (unpaired) electrons. The van der Waals surface area contributed by atoms with E-state index in [0.29, 0.717) is 5.56 Å². The van der Waals surface area contributed by atoms with Gasteiger partial charge in [-0.25, -0.2) is 22.7 Å². The highest BCUT2D eigenvalue weighted by Crippen LogP contribution is 2.31. The lowest BCUT2D eigenvalue weighted by Gasteiger charge is -2.13. The minimum Gasteiger partial charge on any atom is -0.307 e. The molecule has 0 aliphatic heterocycles. The molecule has 0 unspecified atom stereocenters. The summed E-state index contributed by atoms with van der Waals surface area (Å²) in [6, 6.07) is 11.0. The maximum Gasteiger partial charge on any atom is 0.323 e. The van der Waals surface area contributed by atoms with Crippen LogP contribution >= 0.6 is 11.3 Å². The largest absolute Gasteiger partial charge is 0.323 e. The number of sulfonamides is 1. The van der Waals surface area contributed by atoms with E-state index >= 15 is 0 Å². The number of urea groups is 1. The SMILES string of the molecule is NS(=O)(=O)c1ccc(-c2ccsc2)c(NC(=O)Nc2ccccc2F)c1. The number of para-hydroxylation sites is 1. The zero-order valence-corrected chi connectivity index (χ0v) is 14.9. The summed E-state index contributed by atoms with van der Waals surface area (Å²) in [5.74, 6) is -0.584. The Balaban J connectivity index is 1.94. The normalized spacial score (nSPS) is 11.2. The number of benzene rings is 2. The summed E-state index contributed by atoms with van der Waals surface area (Å²) < 4.78 is 36.9. The molecule has 1 aromatic heterocycles. The van der Waals surface area contributed by atoms with Crippen LogP contribution in [0.5, 0.6) is 0 Å². The number of halogens is 1. The van der Waals surface area contributed by atoms with Crippen LogP contribution < -0.4 is 15.8 Å². The molecule has 9 heteroatoms. The van der Waals surface area contributed by atoms with Crippen LogP contribution in [0.25, 0.3) is 11.1 Å². The highest BCUT2D eigenvalue weighted by Gasteiger charge is 2.15. The van der Waals surface area contributed by atoms with Crippen molar-refractivity contribution in [2.24, 2.45) is 5.14 Å². The van der Waals surface area contributed by atoms with E-state index in [1.54, 1.807) is 12.1 Å². The van der Waals surface area contributed by atoms with Gasteiger partial charge >= 0.3 is 6.03 Å². The van der Waals surface area contributed by atoms with Crippen molar-refractivity contribution >= 4 is 38.8 Å². The molecule has 26 heavy (non-hydrogen) atoms. The molecular formula is C17H14FN3O3S2. The Morgan fingerprint density at radius 2 is 1.77 bits per heavy atom. The van der Waals surface area contributed by atoms with Gasteiger partial charge in [0.25, 0.3) is 0 Å². The van der Waals surface area contributed by atoms with Crippen molar-refractivity contribution < 1.29 is 17.6 Å². The second kappa shape index (κ2) is 7.24. The first kappa shape index (κ1) is 18.1. The van der Waals surface area contributed by atoms with Crippen LogP contribution in [0.1, 0.15) is 0 Å². The number of nitrogens with one attached hydrogen (secondary N) is 2. The molecule has 134 valence electrons. The fourth-order valence-electron chi connectivity index (χ4n) is 2.31. The highest BCUT2D eigenvalue weighted by atomic mass is 32.2. The molecule has 2 amide bonds. The first-order chi connectivity index (χ1) is 12.3. The summed E-state index contributed by atoms with van der Waals surface area (Å²) in [4.78, 5) is 12.1. The van der Waals surface area contributed by atoms with Gasteiger partial charge < -0.3 is 10.6 Å². The van der Waals surface area contributed by atoms with E-state index in [4.69, 9.17) is 5.14 Å². The predicted octanol–water partition coefficient (Wildman–Crippen LogP) is 3.85. The molecule has 0 spiro atoms. The molecule has 4 N–H and O–H groups in total. The van der Waals surface area contributed by atoms with Crippen LogP contribution in [0, 0.1) is 5.82 Å². The number of primary sulfonamides is 1. The van der Waals surface area contributed by atoms with E-state index < -0.39 is 21.9 Å². The molecule has 0 saturated heterocycles. The van der Waals surface area contributed by atoms with Crippen molar-refractivity contribution in [1.29, 1.82) is 0 Å². The second-order valence-corrected chi connectivity index (χ2v) is 7.66. The molecule has 0 bridgehead atoms.